The van der Waals surface area contributed by atoms with Crippen molar-refractivity contribution in [2.24, 2.45) is 0 Å². The minimum Gasteiger partial charge on any atom is -0.492 e. The van der Waals surface area contributed by atoms with E-state index >= 15 is 0 Å². The fourth-order valence-corrected chi connectivity index (χ4v) is 3.59. The third-order valence-electron chi connectivity index (χ3n) is 5.91. The van der Waals surface area contributed by atoms with Crippen molar-refractivity contribution >= 4 is 5.91 Å². The fraction of sp³-hybridized carbons (Fsp3) is 0.387. The van der Waals surface area contributed by atoms with E-state index < -0.39 is 0 Å². The Kier molecular flexibility index (Phi) is 10.9. The second-order valence-corrected chi connectivity index (χ2v) is 9.16. The molecule has 0 heterocycles. The van der Waals surface area contributed by atoms with Gasteiger partial charge in [0.05, 0.1) is 6.54 Å². The Hall–Kier alpha value is -3.07. The van der Waals surface area contributed by atoms with Gasteiger partial charge in [0.25, 0.3) is 5.91 Å². The van der Waals surface area contributed by atoms with Crippen LogP contribution in [0.5, 0.6) is 5.75 Å². The highest BCUT2D eigenvalue weighted by Gasteiger charge is 2.13. The van der Waals surface area contributed by atoms with Crippen LogP contribution in [0.3, 0.4) is 0 Å². The molecule has 3 aromatic carbocycles. The van der Waals surface area contributed by atoms with Crippen LogP contribution in [0.25, 0.3) is 11.1 Å². The average Bonchev–Trinajstić information content (AvgIpc) is 2.84. The first-order chi connectivity index (χ1) is 16.3. The van der Waals surface area contributed by atoms with Crippen molar-refractivity contribution in [3.05, 3.63) is 89.0 Å². The normalized spacial score (nSPS) is 10.5. The molecule has 0 aliphatic carbocycles. The predicted octanol–water partition coefficient (Wildman–Crippen LogP) is 8.05. The number of rotatable bonds is 8. The molecule has 0 aliphatic heterocycles. The summed E-state index contributed by atoms with van der Waals surface area (Å²) in [6, 6.07) is 22.4. The van der Waals surface area contributed by atoms with E-state index in [1.807, 2.05) is 44.3 Å². The Morgan fingerprint density at radius 3 is 2.12 bits per heavy atom. The largest absolute Gasteiger partial charge is 0.492 e. The number of ether oxygens (including phenoxy) is 1. The fourth-order valence-electron chi connectivity index (χ4n) is 3.59. The van der Waals surface area contributed by atoms with Gasteiger partial charge in [0.2, 0.25) is 0 Å². The summed E-state index contributed by atoms with van der Waals surface area (Å²) in [5.74, 6) is 1.31. The molecule has 0 aliphatic rings. The molecule has 0 N–H and O–H groups in total. The van der Waals surface area contributed by atoms with Crippen LogP contribution in [-0.4, -0.2) is 31.0 Å². The van der Waals surface area contributed by atoms with Crippen LogP contribution < -0.4 is 4.74 Å². The van der Waals surface area contributed by atoms with E-state index in [1.54, 1.807) is 4.90 Å². The molecule has 1 amide bonds. The molecule has 3 nitrogen and oxygen atoms in total. The topological polar surface area (TPSA) is 29.5 Å². The van der Waals surface area contributed by atoms with Crippen molar-refractivity contribution < 1.29 is 9.53 Å². The van der Waals surface area contributed by atoms with Gasteiger partial charge in [-0.3, -0.25) is 4.79 Å². The lowest BCUT2D eigenvalue weighted by atomic mass is 9.90. The van der Waals surface area contributed by atoms with Crippen LogP contribution in [0.15, 0.2) is 66.7 Å². The number of hydrogen-bond acceptors (Lipinski definition) is 2. The number of benzene rings is 3. The van der Waals surface area contributed by atoms with E-state index in [1.165, 1.54) is 35.1 Å². The molecule has 0 spiro atoms. The Morgan fingerprint density at radius 2 is 1.53 bits per heavy atom. The Labute approximate surface area is 206 Å². The first-order valence-corrected chi connectivity index (χ1v) is 12.4. The van der Waals surface area contributed by atoms with Crippen LogP contribution in [-0.2, 0) is 0 Å². The maximum atomic E-state index is 12.5. The summed E-state index contributed by atoms with van der Waals surface area (Å²) in [6.07, 6.45) is 2.64. The number of carbonyl (C=O) groups is 1. The van der Waals surface area contributed by atoms with Crippen molar-refractivity contribution in [3.8, 4) is 16.9 Å². The summed E-state index contributed by atoms with van der Waals surface area (Å²) < 4.78 is 5.94. The van der Waals surface area contributed by atoms with Crippen molar-refractivity contribution in [2.75, 3.05) is 20.2 Å². The summed E-state index contributed by atoms with van der Waals surface area (Å²) in [6.45, 7) is 13.9. The second-order valence-electron chi connectivity index (χ2n) is 9.16. The van der Waals surface area contributed by atoms with E-state index in [-0.39, 0.29) is 5.91 Å². The number of carbonyl (C=O) groups excluding carboxylic acids is 1. The van der Waals surface area contributed by atoms with Gasteiger partial charge in [-0.1, -0.05) is 88.6 Å². The van der Waals surface area contributed by atoms with Crippen molar-refractivity contribution in [2.45, 2.75) is 60.3 Å². The smallest absolute Gasteiger partial charge is 0.253 e. The monoisotopic (exact) mass is 459 g/mol. The summed E-state index contributed by atoms with van der Waals surface area (Å²) >= 11 is 0. The lowest BCUT2D eigenvalue weighted by Crippen LogP contribution is -2.30. The highest BCUT2D eigenvalue weighted by atomic mass is 16.5. The van der Waals surface area contributed by atoms with Crippen molar-refractivity contribution in [3.63, 3.8) is 0 Å². The SMILES string of the molecule is CCCC.Cc1ccc(C(=O)N(C)CCOc2ccc(-c3ccccc3C(C)C)c(C)c2)cc1. The van der Waals surface area contributed by atoms with E-state index in [2.05, 4.69) is 71.0 Å². The van der Waals surface area contributed by atoms with Crippen LogP contribution in [0, 0.1) is 13.8 Å². The molecule has 0 radical (unpaired) electrons. The zero-order valence-electron chi connectivity index (χ0n) is 22.0. The molecule has 3 rings (SSSR count). The maximum absolute atomic E-state index is 12.5. The number of unbranched alkanes of at least 4 members (excludes halogenated alkanes) is 1. The highest BCUT2D eigenvalue weighted by molar-refractivity contribution is 5.94. The molecule has 0 unspecified atom stereocenters. The van der Waals surface area contributed by atoms with Gasteiger partial charge in [0.15, 0.2) is 0 Å². The molecule has 182 valence electrons. The number of aryl methyl sites for hydroxylation is 2. The van der Waals surface area contributed by atoms with E-state index in [0.29, 0.717) is 24.6 Å². The predicted molar refractivity (Wildman–Crippen MR) is 145 cm³/mol. The molecule has 3 heteroatoms. The standard InChI is InChI=1S/C27H31NO2.C4H10/c1-19(2)24-8-6-7-9-26(24)25-15-14-23(18-21(25)4)30-17-16-28(5)27(29)22-12-10-20(3)11-13-22;1-3-4-2/h6-15,18-19H,16-17H2,1-5H3;3-4H2,1-2H3. The van der Waals surface area contributed by atoms with Gasteiger partial charge in [-0.25, -0.2) is 0 Å². The summed E-state index contributed by atoms with van der Waals surface area (Å²) in [5, 5.41) is 0. The molecule has 0 saturated heterocycles. The number of likely N-dealkylation sites (N-methyl/N-ethyl adjacent to an activating group) is 1. The van der Waals surface area contributed by atoms with Crippen LogP contribution >= 0.6 is 0 Å². The second kappa shape index (κ2) is 13.6. The van der Waals surface area contributed by atoms with Gasteiger partial charge in [0.1, 0.15) is 12.4 Å². The van der Waals surface area contributed by atoms with E-state index in [0.717, 1.165) is 11.3 Å². The van der Waals surface area contributed by atoms with Gasteiger partial charge in [-0.05, 0) is 66.3 Å². The molecular formula is C31H41NO2. The van der Waals surface area contributed by atoms with E-state index in [9.17, 15) is 4.79 Å². The molecule has 3 aromatic rings. The van der Waals surface area contributed by atoms with Gasteiger partial charge >= 0.3 is 0 Å². The molecule has 34 heavy (non-hydrogen) atoms. The molecule has 0 saturated carbocycles. The van der Waals surface area contributed by atoms with Gasteiger partial charge in [-0.15, -0.1) is 0 Å². The first-order valence-electron chi connectivity index (χ1n) is 12.4. The van der Waals surface area contributed by atoms with Crippen molar-refractivity contribution in [1.82, 2.24) is 4.90 Å². The van der Waals surface area contributed by atoms with Gasteiger partial charge in [-0.2, -0.15) is 0 Å². The maximum Gasteiger partial charge on any atom is 0.253 e. The minimum absolute atomic E-state index is 0.00965. The molecular weight excluding hydrogens is 418 g/mol. The lowest BCUT2D eigenvalue weighted by molar-refractivity contribution is 0.0773. The molecule has 0 fully saturated rings. The number of amides is 1. The first kappa shape index (κ1) is 27.2. The zero-order valence-corrected chi connectivity index (χ0v) is 22.0. The van der Waals surface area contributed by atoms with E-state index in [4.69, 9.17) is 4.74 Å². The minimum atomic E-state index is 0.00965. The van der Waals surface area contributed by atoms with Crippen LogP contribution in [0.1, 0.15) is 73.5 Å². The Balaban J connectivity index is 0.000000945. The molecule has 0 bridgehead atoms. The van der Waals surface area contributed by atoms with Crippen molar-refractivity contribution in [1.29, 1.82) is 0 Å². The Bertz CT molecular complexity index is 1040. The lowest BCUT2D eigenvalue weighted by Gasteiger charge is -2.18. The number of nitrogens with zero attached hydrogens (tertiary/aromatic N) is 1. The third kappa shape index (κ3) is 7.76. The molecule has 0 aromatic heterocycles. The average molecular weight is 460 g/mol. The summed E-state index contributed by atoms with van der Waals surface area (Å²) in [5.41, 5.74) is 6.90. The summed E-state index contributed by atoms with van der Waals surface area (Å²) in [4.78, 5) is 14.2. The van der Waals surface area contributed by atoms with Gasteiger partial charge < -0.3 is 9.64 Å². The van der Waals surface area contributed by atoms with Crippen LogP contribution in [0.4, 0.5) is 0 Å². The third-order valence-corrected chi connectivity index (χ3v) is 5.91. The number of hydrogen-bond donors (Lipinski definition) is 0. The quantitative estimate of drug-likeness (QED) is 0.341. The molecule has 0 atom stereocenters. The Morgan fingerprint density at radius 1 is 0.882 bits per heavy atom. The van der Waals surface area contributed by atoms with Crippen LogP contribution in [0.2, 0.25) is 0 Å². The summed E-state index contributed by atoms with van der Waals surface area (Å²) in [7, 11) is 1.81. The van der Waals surface area contributed by atoms with Gasteiger partial charge in [0, 0.05) is 12.6 Å². The highest BCUT2D eigenvalue weighted by Crippen LogP contribution is 2.32. The zero-order chi connectivity index (χ0) is 25.1.